The average Bonchev–Trinajstić information content (AvgIpc) is 3.14. The molecular formula is C17H17BrN4O2. The van der Waals surface area contributed by atoms with Crippen molar-refractivity contribution in [2.75, 3.05) is 13.2 Å². The Kier molecular flexibility index (Phi) is 3.92. The van der Waals surface area contributed by atoms with Gasteiger partial charge in [-0.25, -0.2) is 4.99 Å². The van der Waals surface area contributed by atoms with Gasteiger partial charge in [-0.15, -0.1) is 0 Å². The SMILES string of the molecule is CCOC1(OCC)N=C(N)[C@@]2(C#N)[C@H](c3cccc(Br)c3)[C@@]12C#N. The van der Waals surface area contributed by atoms with Crippen LogP contribution in [0.5, 0.6) is 0 Å². The number of hydrogen-bond acceptors (Lipinski definition) is 6. The molecule has 0 aromatic heterocycles. The van der Waals surface area contributed by atoms with Crippen molar-refractivity contribution in [3.8, 4) is 12.1 Å². The third-order valence-corrected chi connectivity index (χ3v) is 5.28. The van der Waals surface area contributed by atoms with Crippen LogP contribution in [0.4, 0.5) is 0 Å². The van der Waals surface area contributed by atoms with Crippen molar-refractivity contribution < 1.29 is 9.47 Å². The summed E-state index contributed by atoms with van der Waals surface area (Å²) in [6.45, 7) is 4.15. The fraction of sp³-hybridized carbons (Fsp3) is 0.471. The second-order valence-corrected chi connectivity index (χ2v) is 6.69. The Bertz CT molecular complexity index is 791. The minimum atomic E-state index is -1.56. The third kappa shape index (κ3) is 1.72. The van der Waals surface area contributed by atoms with Gasteiger partial charge in [-0.05, 0) is 31.5 Å². The molecule has 1 aromatic carbocycles. The molecule has 24 heavy (non-hydrogen) atoms. The molecule has 0 radical (unpaired) electrons. The molecule has 124 valence electrons. The molecule has 1 aliphatic carbocycles. The molecule has 7 heteroatoms. The van der Waals surface area contributed by atoms with E-state index < -0.39 is 22.7 Å². The number of aliphatic imine (C=N–C) groups is 1. The number of halogens is 1. The predicted octanol–water partition coefficient (Wildman–Crippen LogP) is 2.66. The number of ether oxygens (including phenoxy) is 2. The van der Waals surface area contributed by atoms with Gasteiger partial charge in [0, 0.05) is 23.6 Å². The fourth-order valence-electron chi connectivity index (χ4n) is 3.94. The van der Waals surface area contributed by atoms with Gasteiger partial charge in [0.1, 0.15) is 11.3 Å². The van der Waals surface area contributed by atoms with Crippen molar-refractivity contribution in [3.05, 3.63) is 34.3 Å². The van der Waals surface area contributed by atoms with E-state index in [-0.39, 0.29) is 19.0 Å². The van der Waals surface area contributed by atoms with Crippen molar-refractivity contribution in [1.82, 2.24) is 0 Å². The van der Waals surface area contributed by atoms with E-state index in [9.17, 15) is 10.5 Å². The van der Waals surface area contributed by atoms with E-state index in [4.69, 9.17) is 15.2 Å². The lowest BCUT2D eigenvalue weighted by Gasteiger charge is -2.31. The van der Waals surface area contributed by atoms with E-state index in [0.29, 0.717) is 0 Å². The number of nitrogens with two attached hydrogens (primary N) is 1. The van der Waals surface area contributed by atoms with Crippen LogP contribution in [0.3, 0.4) is 0 Å². The molecule has 1 fully saturated rings. The Hall–Kier alpha value is -1.93. The van der Waals surface area contributed by atoms with E-state index in [0.717, 1.165) is 10.0 Å². The highest BCUT2D eigenvalue weighted by molar-refractivity contribution is 9.10. The van der Waals surface area contributed by atoms with Crippen molar-refractivity contribution in [2.45, 2.75) is 25.7 Å². The van der Waals surface area contributed by atoms with Gasteiger partial charge >= 0.3 is 0 Å². The van der Waals surface area contributed by atoms with Gasteiger partial charge in [0.25, 0.3) is 5.91 Å². The first-order valence-corrected chi connectivity index (χ1v) is 8.50. The smallest absolute Gasteiger partial charge is 0.293 e. The molecule has 1 aliphatic heterocycles. The zero-order chi connectivity index (χ0) is 17.6. The second kappa shape index (κ2) is 5.56. The number of rotatable bonds is 5. The Morgan fingerprint density at radius 1 is 1.25 bits per heavy atom. The maximum absolute atomic E-state index is 10.1. The first kappa shape index (κ1) is 16.9. The Labute approximate surface area is 149 Å². The maximum Gasteiger partial charge on any atom is 0.293 e. The lowest BCUT2D eigenvalue weighted by atomic mass is 9.93. The van der Waals surface area contributed by atoms with Crippen molar-refractivity contribution in [2.24, 2.45) is 21.6 Å². The van der Waals surface area contributed by atoms with Crippen LogP contribution in [0.25, 0.3) is 0 Å². The van der Waals surface area contributed by atoms with E-state index in [1.165, 1.54) is 0 Å². The largest absolute Gasteiger partial charge is 0.386 e. The third-order valence-electron chi connectivity index (χ3n) is 4.79. The van der Waals surface area contributed by atoms with E-state index >= 15 is 0 Å². The Balaban J connectivity index is 2.23. The van der Waals surface area contributed by atoms with E-state index in [2.05, 4.69) is 33.1 Å². The number of nitrogens with zero attached hydrogens (tertiary/aromatic N) is 3. The quantitative estimate of drug-likeness (QED) is 0.780. The first-order chi connectivity index (χ1) is 11.5. The summed E-state index contributed by atoms with van der Waals surface area (Å²) < 4.78 is 12.4. The molecule has 3 atom stereocenters. The van der Waals surface area contributed by atoms with Crippen LogP contribution in [0, 0.1) is 33.5 Å². The van der Waals surface area contributed by atoms with Crippen LogP contribution in [0.1, 0.15) is 25.3 Å². The molecule has 3 rings (SSSR count). The topological polar surface area (TPSA) is 104 Å². The Morgan fingerprint density at radius 2 is 1.92 bits per heavy atom. The van der Waals surface area contributed by atoms with Gasteiger partial charge in [-0.2, -0.15) is 10.5 Å². The van der Waals surface area contributed by atoms with Crippen LogP contribution in [0.2, 0.25) is 0 Å². The summed E-state index contributed by atoms with van der Waals surface area (Å²) in [5, 5.41) is 20.0. The second-order valence-electron chi connectivity index (χ2n) is 5.77. The summed E-state index contributed by atoms with van der Waals surface area (Å²) >= 11 is 3.43. The summed E-state index contributed by atoms with van der Waals surface area (Å²) in [6.07, 6.45) is 0. The monoisotopic (exact) mass is 388 g/mol. The van der Waals surface area contributed by atoms with Crippen LogP contribution in [0.15, 0.2) is 33.7 Å². The summed E-state index contributed by atoms with van der Waals surface area (Å²) in [6, 6.07) is 12.0. The molecule has 1 aromatic rings. The molecule has 1 saturated carbocycles. The predicted molar refractivity (Wildman–Crippen MR) is 90.6 cm³/mol. The van der Waals surface area contributed by atoms with Gasteiger partial charge in [0.2, 0.25) is 0 Å². The van der Waals surface area contributed by atoms with Gasteiger partial charge in [0.15, 0.2) is 5.41 Å². The van der Waals surface area contributed by atoms with Crippen LogP contribution >= 0.6 is 15.9 Å². The highest BCUT2D eigenvalue weighted by Gasteiger charge is 2.93. The molecule has 1 heterocycles. The summed E-state index contributed by atoms with van der Waals surface area (Å²) in [5.74, 6) is -1.93. The van der Waals surface area contributed by atoms with Crippen molar-refractivity contribution in [1.29, 1.82) is 10.5 Å². The average molecular weight is 389 g/mol. The van der Waals surface area contributed by atoms with Crippen molar-refractivity contribution >= 4 is 21.8 Å². The molecule has 0 saturated heterocycles. The number of benzene rings is 1. The number of hydrogen-bond donors (Lipinski definition) is 1. The normalized spacial score (nSPS) is 32.4. The molecule has 0 spiro atoms. The standard InChI is InChI=1S/C17H17BrN4O2/c1-3-23-17(24-4-2)16(10-20)13(11-6-5-7-12(18)8-11)15(16,9-19)14(21)22-17/h5-8,13H,3-4H2,1-2H3,(H2,21,22)/t13-,15+,16+/m0/s1. The first-order valence-electron chi connectivity index (χ1n) is 7.71. The van der Waals surface area contributed by atoms with Gasteiger partial charge in [0.05, 0.1) is 12.1 Å². The van der Waals surface area contributed by atoms with Crippen LogP contribution in [-0.2, 0) is 9.47 Å². The zero-order valence-electron chi connectivity index (χ0n) is 13.4. The maximum atomic E-state index is 10.1. The highest BCUT2D eigenvalue weighted by atomic mass is 79.9. The zero-order valence-corrected chi connectivity index (χ0v) is 15.0. The molecule has 0 unspecified atom stereocenters. The summed E-state index contributed by atoms with van der Waals surface area (Å²) in [5.41, 5.74) is 4.42. The van der Waals surface area contributed by atoms with Gasteiger partial charge in [-0.1, -0.05) is 28.1 Å². The molecule has 0 bridgehead atoms. The summed E-state index contributed by atoms with van der Waals surface area (Å²) in [7, 11) is 0. The van der Waals surface area contributed by atoms with E-state index in [1.807, 2.05) is 24.3 Å². The lowest BCUT2D eigenvalue weighted by molar-refractivity contribution is -0.255. The van der Waals surface area contributed by atoms with Crippen molar-refractivity contribution in [3.63, 3.8) is 0 Å². The molecule has 6 nitrogen and oxygen atoms in total. The summed E-state index contributed by atoms with van der Waals surface area (Å²) in [4.78, 5) is 4.31. The van der Waals surface area contributed by atoms with Gasteiger partial charge < -0.3 is 15.2 Å². The fourth-order valence-corrected chi connectivity index (χ4v) is 4.35. The lowest BCUT2D eigenvalue weighted by Crippen LogP contribution is -2.43. The van der Waals surface area contributed by atoms with E-state index in [1.54, 1.807) is 13.8 Å². The Morgan fingerprint density at radius 3 is 2.42 bits per heavy atom. The van der Waals surface area contributed by atoms with Crippen LogP contribution < -0.4 is 5.73 Å². The molecule has 2 N–H and O–H groups in total. The minimum Gasteiger partial charge on any atom is -0.386 e. The number of amidine groups is 1. The molecular weight excluding hydrogens is 372 g/mol. The molecule has 0 amide bonds. The molecule has 2 aliphatic rings. The highest BCUT2D eigenvalue weighted by Crippen LogP contribution is 2.82. The number of nitriles is 2. The minimum absolute atomic E-state index is 0.0958. The van der Waals surface area contributed by atoms with Gasteiger partial charge in [-0.3, -0.25) is 0 Å². The van der Waals surface area contributed by atoms with Crippen LogP contribution in [-0.4, -0.2) is 25.0 Å². The number of fused-ring (bicyclic) bond motifs is 1.